The number of hydroxylamine groups is 3. The smallest absolute Gasteiger partial charge is 0.409 e. The Morgan fingerprint density at radius 1 is 1.26 bits per heavy atom. The molecular formula is C23H23ClN5O5+. The van der Waals surface area contributed by atoms with Crippen molar-refractivity contribution >= 4 is 29.9 Å². The molecule has 3 aromatic rings. The van der Waals surface area contributed by atoms with Crippen molar-refractivity contribution in [3.8, 4) is 22.7 Å². The van der Waals surface area contributed by atoms with E-state index in [1.54, 1.807) is 35.0 Å². The van der Waals surface area contributed by atoms with Gasteiger partial charge in [-0.15, -0.1) is 0 Å². The predicted octanol–water partition coefficient (Wildman–Crippen LogP) is 1.92. The Labute approximate surface area is 200 Å². The number of rotatable bonds is 9. The minimum Gasteiger partial charge on any atom is -0.492 e. The minimum atomic E-state index is -0.846. The van der Waals surface area contributed by atoms with Crippen LogP contribution >= 0.6 is 11.6 Å². The highest BCUT2D eigenvalue weighted by atomic mass is 35.5. The Balaban J connectivity index is 1.79. The normalized spacial score (nSPS) is 17.3. The summed E-state index contributed by atoms with van der Waals surface area (Å²) in [7, 11) is 1.84. The number of aromatic nitrogens is 2. The number of carbonyl (C=O) groups excluding carboxylic acids is 3. The Morgan fingerprint density at radius 3 is 2.79 bits per heavy atom. The van der Waals surface area contributed by atoms with E-state index in [2.05, 4.69) is 15.7 Å². The minimum absolute atomic E-state index is 0.0230. The Hall–Kier alpha value is -3.73. The summed E-state index contributed by atoms with van der Waals surface area (Å²) in [5.41, 5.74) is 1.98. The van der Waals surface area contributed by atoms with E-state index in [-0.39, 0.29) is 25.4 Å². The monoisotopic (exact) mass is 484 g/mol. The van der Waals surface area contributed by atoms with Crippen molar-refractivity contribution in [3.05, 3.63) is 65.3 Å². The number of quaternary nitrogens is 1. The van der Waals surface area contributed by atoms with Gasteiger partial charge in [0.15, 0.2) is 5.69 Å². The topological polar surface area (TPSA) is 112 Å². The predicted molar refractivity (Wildman–Crippen MR) is 123 cm³/mol. The van der Waals surface area contributed by atoms with Crippen molar-refractivity contribution in [1.29, 1.82) is 0 Å². The third kappa shape index (κ3) is 4.79. The molecule has 2 N–H and O–H groups in total. The molecule has 1 aliphatic heterocycles. The van der Waals surface area contributed by atoms with E-state index >= 15 is 0 Å². The van der Waals surface area contributed by atoms with Crippen LogP contribution in [-0.2, 0) is 14.4 Å². The van der Waals surface area contributed by atoms with Gasteiger partial charge >= 0.3 is 12.4 Å². The molecule has 0 radical (unpaired) electrons. The van der Waals surface area contributed by atoms with E-state index in [4.69, 9.17) is 21.2 Å². The van der Waals surface area contributed by atoms with Crippen molar-refractivity contribution in [2.75, 3.05) is 33.4 Å². The van der Waals surface area contributed by atoms with Crippen LogP contribution < -0.4 is 15.4 Å². The van der Waals surface area contributed by atoms with Crippen LogP contribution in [0.4, 0.5) is 0 Å². The zero-order valence-electron chi connectivity index (χ0n) is 18.4. The fourth-order valence-electron chi connectivity index (χ4n) is 3.63. The van der Waals surface area contributed by atoms with Gasteiger partial charge in [-0.1, -0.05) is 29.8 Å². The first-order valence-electron chi connectivity index (χ1n) is 10.5. The molecule has 10 nitrogen and oxygen atoms in total. The maximum atomic E-state index is 13.4. The molecule has 0 aliphatic carbocycles. The molecule has 4 rings (SSSR count). The van der Waals surface area contributed by atoms with Gasteiger partial charge < -0.3 is 15.4 Å². The van der Waals surface area contributed by atoms with Gasteiger partial charge in [-0.05, 0) is 42.0 Å². The summed E-state index contributed by atoms with van der Waals surface area (Å²) in [4.78, 5) is 41.4. The van der Waals surface area contributed by atoms with Crippen LogP contribution in [0.1, 0.15) is 10.5 Å². The molecule has 1 fully saturated rings. The first-order valence-corrected chi connectivity index (χ1v) is 10.9. The lowest BCUT2D eigenvalue weighted by atomic mass is 10.1. The second-order valence-corrected chi connectivity index (χ2v) is 8.04. The lowest BCUT2D eigenvalue weighted by Crippen LogP contribution is -2.51. The van der Waals surface area contributed by atoms with E-state index in [1.807, 2.05) is 31.3 Å². The molecule has 1 aromatic heterocycles. The molecule has 1 unspecified atom stereocenters. The van der Waals surface area contributed by atoms with E-state index in [9.17, 15) is 14.4 Å². The van der Waals surface area contributed by atoms with Crippen molar-refractivity contribution in [2.45, 2.75) is 0 Å². The van der Waals surface area contributed by atoms with Gasteiger partial charge in [0.2, 0.25) is 13.2 Å². The van der Waals surface area contributed by atoms with Gasteiger partial charge in [-0.2, -0.15) is 5.10 Å². The van der Waals surface area contributed by atoms with E-state index < -0.39 is 16.5 Å². The zero-order valence-corrected chi connectivity index (χ0v) is 19.1. The lowest BCUT2D eigenvalue weighted by molar-refractivity contribution is -1.01. The fourth-order valence-corrected chi connectivity index (χ4v) is 3.81. The molecule has 0 spiro atoms. The summed E-state index contributed by atoms with van der Waals surface area (Å²) in [5, 5.41) is 10.6. The molecule has 0 saturated carbocycles. The van der Waals surface area contributed by atoms with E-state index in [0.29, 0.717) is 35.3 Å². The second kappa shape index (κ2) is 10.0. The van der Waals surface area contributed by atoms with E-state index in [1.165, 1.54) is 0 Å². The molecule has 11 heteroatoms. The van der Waals surface area contributed by atoms with Crippen LogP contribution in [0.25, 0.3) is 16.9 Å². The summed E-state index contributed by atoms with van der Waals surface area (Å²) in [5.74, 6) is -0.383. The number of likely N-dealkylation sites (N-methyl/N-ethyl adjacent to an activating group) is 1. The highest BCUT2D eigenvalue weighted by Gasteiger charge is 2.49. The summed E-state index contributed by atoms with van der Waals surface area (Å²) in [6.07, 6.45) is 0. The molecule has 2 amide bonds. The largest absolute Gasteiger partial charge is 0.492 e. The Bertz CT molecular complexity index is 1230. The number of hydrogen-bond donors (Lipinski definition) is 2. The Morgan fingerprint density at radius 2 is 2.09 bits per heavy atom. The zero-order chi connectivity index (χ0) is 24.1. The van der Waals surface area contributed by atoms with Crippen LogP contribution in [-0.4, -0.2) is 66.1 Å². The molecule has 176 valence electrons. The number of amides is 2. The van der Waals surface area contributed by atoms with Crippen molar-refractivity contribution in [2.24, 2.45) is 0 Å². The molecule has 2 aromatic carbocycles. The number of benzene rings is 2. The molecular weight excluding hydrogens is 462 g/mol. The SMILES string of the molecule is CNCCOc1cccc(-c2cc(C(=O)[N+]3(OC=O)CNC(=O)C3)nn2-c2cccc(Cl)c2)c1. The quantitative estimate of drug-likeness (QED) is 0.271. The third-order valence-corrected chi connectivity index (χ3v) is 5.51. The third-order valence-electron chi connectivity index (χ3n) is 5.28. The van der Waals surface area contributed by atoms with Gasteiger partial charge in [-0.3, -0.25) is 9.63 Å². The van der Waals surface area contributed by atoms with Crippen LogP contribution in [0.3, 0.4) is 0 Å². The standard InChI is InChI=1S/C23H22ClN5O5/c1-25-8-9-33-19-7-2-4-16(10-19)21-12-20(27-28(21)18-6-3-5-17(24)11-18)23(32)29(34-15-30)13-22(31)26-14-29/h2-7,10-12,15,25H,8-9,13-14H2,1H3/p+1. The molecule has 0 bridgehead atoms. The number of nitrogens with zero attached hydrogens (tertiary/aromatic N) is 3. The van der Waals surface area contributed by atoms with E-state index in [0.717, 1.165) is 5.56 Å². The number of ether oxygens (including phenoxy) is 1. The number of carbonyl (C=O) groups is 3. The molecule has 1 atom stereocenters. The maximum Gasteiger partial charge on any atom is 0.409 e. The average molecular weight is 485 g/mol. The first-order chi connectivity index (χ1) is 16.5. The summed E-state index contributed by atoms with van der Waals surface area (Å²) >= 11 is 6.20. The maximum absolute atomic E-state index is 13.4. The van der Waals surface area contributed by atoms with Gasteiger partial charge in [-0.25, -0.2) is 14.3 Å². The summed E-state index contributed by atoms with van der Waals surface area (Å²) < 4.78 is 6.51. The highest BCUT2D eigenvalue weighted by Crippen LogP contribution is 2.29. The number of halogens is 1. The molecule has 1 aliphatic rings. The molecule has 2 heterocycles. The average Bonchev–Trinajstić information content (AvgIpc) is 3.44. The van der Waals surface area contributed by atoms with Crippen LogP contribution in [0.2, 0.25) is 5.02 Å². The van der Waals surface area contributed by atoms with Crippen LogP contribution in [0.5, 0.6) is 5.75 Å². The summed E-state index contributed by atoms with van der Waals surface area (Å²) in [6.45, 7) is 0.823. The van der Waals surface area contributed by atoms with Gasteiger partial charge in [0.25, 0.3) is 5.91 Å². The number of hydrogen-bond acceptors (Lipinski definition) is 7. The Kier molecular flexibility index (Phi) is 6.92. The van der Waals surface area contributed by atoms with Crippen LogP contribution in [0.15, 0.2) is 54.6 Å². The van der Waals surface area contributed by atoms with Crippen molar-refractivity contribution < 1.29 is 28.6 Å². The van der Waals surface area contributed by atoms with Crippen molar-refractivity contribution in [3.63, 3.8) is 0 Å². The molecule has 34 heavy (non-hydrogen) atoms. The second-order valence-electron chi connectivity index (χ2n) is 7.60. The molecule has 1 saturated heterocycles. The van der Waals surface area contributed by atoms with Crippen LogP contribution in [0, 0.1) is 0 Å². The first kappa shape index (κ1) is 23.4. The summed E-state index contributed by atoms with van der Waals surface area (Å²) in [6, 6.07) is 16.0. The van der Waals surface area contributed by atoms with Gasteiger partial charge in [0, 0.05) is 23.2 Å². The highest BCUT2D eigenvalue weighted by molar-refractivity contribution is 6.30. The van der Waals surface area contributed by atoms with Gasteiger partial charge in [0.1, 0.15) is 12.4 Å². The fraction of sp³-hybridized carbons (Fsp3) is 0.217. The number of nitrogens with one attached hydrogen (secondary N) is 2. The van der Waals surface area contributed by atoms with Crippen molar-refractivity contribution in [1.82, 2.24) is 20.4 Å². The lowest BCUT2D eigenvalue weighted by Gasteiger charge is -2.22. The van der Waals surface area contributed by atoms with Gasteiger partial charge in [0.05, 0.1) is 11.4 Å².